The number of rotatable bonds is 2. The topological polar surface area (TPSA) is 55.1 Å². The van der Waals surface area contributed by atoms with Crippen LogP contribution < -0.4 is 0 Å². The minimum absolute atomic E-state index is 0.364. The third-order valence-corrected chi connectivity index (χ3v) is 3.86. The van der Waals surface area contributed by atoms with Crippen molar-refractivity contribution in [1.82, 2.24) is 9.78 Å². The highest BCUT2D eigenvalue weighted by molar-refractivity contribution is 9.10. The van der Waals surface area contributed by atoms with Gasteiger partial charge in [0.25, 0.3) is 0 Å². The molecule has 0 fully saturated rings. The third-order valence-electron chi connectivity index (χ3n) is 2.80. The second kappa shape index (κ2) is 5.54. The highest BCUT2D eigenvalue weighted by atomic mass is 79.9. The van der Waals surface area contributed by atoms with Gasteiger partial charge in [0.1, 0.15) is 11.5 Å². The van der Waals surface area contributed by atoms with E-state index in [0.29, 0.717) is 10.7 Å². The van der Waals surface area contributed by atoms with Gasteiger partial charge in [-0.25, -0.2) is 9.18 Å². The SMILES string of the molecule is Cn1nc(-c2cc(C(=O)O)c(Cl)cc2F)c(Br)c1C(F)(F)F. The Hall–Kier alpha value is -1.61. The molecule has 1 heterocycles. The zero-order valence-corrected chi connectivity index (χ0v) is 13.0. The first kappa shape index (κ1) is 16.8. The maximum Gasteiger partial charge on any atom is 0.434 e. The Balaban J connectivity index is 2.73. The molecule has 0 saturated heterocycles. The van der Waals surface area contributed by atoms with Crippen molar-refractivity contribution < 1.29 is 27.5 Å². The predicted molar refractivity (Wildman–Crippen MR) is 73.3 cm³/mol. The van der Waals surface area contributed by atoms with Crippen LogP contribution in [0.1, 0.15) is 16.1 Å². The molecule has 0 spiro atoms. The van der Waals surface area contributed by atoms with E-state index in [9.17, 15) is 22.4 Å². The van der Waals surface area contributed by atoms with Crippen LogP contribution in [-0.4, -0.2) is 20.9 Å². The number of carboxylic acids is 1. The van der Waals surface area contributed by atoms with Gasteiger partial charge in [-0.3, -0.25) is 4.68 Å². The fourth-order valence-corrected chi connectivity index (χ4v) is 2.88. The maximum absolute atomic E-state index is 14.0. The van der Waals surface area contributed by atoms with E-state index in [1.54, 1.807) is 0 Å². The van der Waals surface area contributed by atoms with Gasteiger partial charge in [0, 0.05) is 12.6 Å². The number of halogens is 6. The van der Waals surface area contributed by atoms with E-state index in [4.69, 9.17) is 16.7 Å². The van der Waals surface area contributed by atoms with Crippen molar-refractivity contribution in [2.24, 2.45) is 7.05 Å². The monoisotopic (exact) mass is 400 g/mol. The normalized spacial score (nSPS) is 11.8. The van der Waals surface area contributed by atoms with Crippen LogP contribution in [0.5, 0.6) is 0 Å². The lowest BCUT2D eigenvalue weighted by molar-refractivity contribution is -0.144. The number of aromatic carboxylic acids is 1. The van der Waals surface area contributed by atoms with Crippen molar-refractivity contribution in [3.63, 3.8) is 0 Å². The molecule has 118 valence electrons. The lowest BCUT2D eigenvalue weighted by atomic mass is 10.1. The van der Waals surface area contributed by atoms with Crippen molar-refractivity contribution in [2.45, 2.75) is 6.18 Å². The number of aryl methyl sites for hydroxylation is 1. The summed E-state index contributed by atoms with van der Waals surface area (Å²) in [5.41, 5.74) is -2.33. The molecule has 0 radical (unpaired) electrons. The molecule has 1 aromatic heterocycles. The molecule has 10 heteroatoms. The van der Waals surface area contributed by atoms with Crippen LogP contribution in [0.25, 0.3) is 11.3 Å². The van der Waals surface area contributed by atoms with Crippen molar-refractivity contribution >= 4 is 33.5 Å². The lowest BCUT2D eigenvalue weighted by Crippen LogP contribution is -2.12. The second-order valence-corrected chi connectivity index (χ2v) is 5.45. The molecular weight excluding hydrogens is 395 g/mol. The molecule has 2 rings (SSSR count). The number of hydrogen-bond acceptors (Lipinski definition) is 2. The summed E-state index contributed by atoms with van der Waals surface area (Å²) in [6, 6.07) is 1.56. The molecule has 0 aliphatic carbocycles. The predicted octanol–water partition coefficient (Wildman–Crippen LogP) is 4.36. The quantitative estimate of drug-likeness (QED) is 0.761. The molecule has 22 heavy (non-hydrogen) atoms. The minimum Gasteiger partial charge on any atom is -0.478 e. The molecule has 0 aliphatic rings. The first-order valence-corrected chi connectivity index (χ1v) is 6.73. The van der Waals surface area contributed by atoms with Crippen LogP contribution in [0.3, 0.4) is 0 Å². The number of carbonyl (C=O) groups is 1. The van der Waals surface area contributed by atoms with Crippen LogP contribution in [0.15, 0.2) is 16.6 Å². The Labute approximate surface area is 134 Å². The van der Waals surface area contributed by atoms with Crippen molar-refractivity contribution in [3.05, 3.63) is 38.7 Å². The number of aromatic nitrogens is 2. The van der Waals surface area contributed by atoms with E-state index in [2.05, 4.69) is 21.0 Å². The van der Waals surface area contributed by atoms with E-state index in [1.807, 2.05) is 0 Å². The largest absolute Gasteiger partial charge is 0.478 e. The van der Waals surface area contributed by atoms with Crippen LogP contribution >= 0.6 is 27.5 Å². The molecule has 1 aromatic carbocycles. The Kier molecular flexibility index (Phi) is 4.22. The van der Waals surface area contributed by atoms with Crippen molar-refractivity contribution in [3.8, 4) is 11.3 Å². The second-order valence-electron chi connectivity index (χ2n) is 4.25. The van der Waals surface area contributed by atoms with Gasteiger partial charge >= 0.3 is 12.1 Å². The molecular formula is C12H6BrClF4N2O2. The summed E-state index contributed by atoms with van der Waals surface area (Å²) in [4.78, 5) is 11.0. The minimum atomic E-state index is -4.71. The molecule has 2 aromatic rings. The van der Waals surface area contributed by atoms with Gasteiger partial charge < -0.3 is 5.11 Å². The molecule has 0 aliphatic heterocycles. The van der Waals surface area contributed by atoms with Gasteiger partial charge in [0.2, 0.25) is 0 Å². The molecule has 0 atom stereocenters. The van der Waals surface area contributed by atoms with Gasteiger partial charge in [0.05, 0.1) is 15.1 Å². The highest BCUT2D eigenvalue weighted by Gasteiger charge is 2.39. The Morgan fingerprint density at radius 1 is 1.41 bits per heavy atom. The smallest absolute Gasteiger partial charge is 0.434 e. The highest BCUT2D eigenvalue weighted by Crippen LogP contribution is 2.41. The number of alkyl halides is 3. The summed E-state index contributed by atoms with van der Waals surface area (Å²) in [6.45, 7) is 0. The fourth-order valence-electron chi connectivity index (χ4n) is 1.87. The number of carboxylic acid groups (broad SMARTS) is 1. The maximum atomic E-state index is 14.0. The number of nitrogens with zero attached hydrogens (tertiary/aromatic N) is 2. The van der Waals surface area contributed by atoms with E-state index in [-0.39, 0.29) is 10.7 Å². The van der Waals surface area contributed by atoms with Crippen molar-refractivity contribution in [1.29, 1.82) is 0 Å². The van der Waals surface area contributed by atoms with Crippen LogP contribution in [0, 0.1) is 5.82 Å². The first-order chi connectivity index (χ1) is 10.0. The Morgan fingerprint density at radius 2 is 2.00 bits per heavy atom. The van der Waals surface area contributed by atoms with Gasteiger partial charge in [-0.15, -0.1) is 0 Å². The molecule has 0 unspecified atom stereocenters. The summed E-state index contributed by atoms with van der Waals surface area (Å²) in [6.07, 6.45) is -4.71. The molecule has 1 N–H and O–H groups in total. The molecule has 0 saturated carbocycles. The van der Waals surface area contributed by atoms with E-state index >= 15 is 0 Å². The summed E-state index contributed by atoms with van der Waals surface area (Å²) in [5, 5.41) is 12.2. The summed E-state index contributed by atoms with van der Waals surface area (Å²) in [7, 11) is 1.04. The average molecular weight is 402 g/mol. The van der Waals surface area contributed by atoms with Gasteiger partial charge in [-0.05, 0) is 28.1 Å². The number of hydrogen-bond donors (Lipinski definition) is 1. The zero-order valence-electron chi connectivity index (χ0n) is 10.7. The van der Waals surface area contributed by atoms with Gasteiger partial charge in [0.15, 0.2) is 5.69 Å². The lowest BCUT2D eigenvalue weighted by Gasteiger charge is -2.07. The summed E-state index contributed by atoms with van der Waals surface area (Å²) >= 11 is 8.33. The van der Waals surface area contributed by atoms with Gasteiger partial charge in [-0.1, -0.05) is 11.6 Å². The molecule has 0 bridgehead atoms. The fraction of sp³-hybridized carbons (Fsp3) is 0.167. The van der Waals surface area contributed by atoms with E-state index < -0.39 is 39.3 Å². The van der Waals surface area contributed by atoms with Crippen LogP contribution in [-0.2, 0) is 13.2 Å². The van der Waals surface area contributed by atoms with E-state index in [1.165, 1.54) is 0 Å². The van der Waals surface area contributed by atoms with Crippen molar-refractivity contribution in [2.75, 3.05) is 0 Å². The first-order valence-electron chi connectivity index (χ1n) is 5.56. The van der Waals surface area contributed by atoms with E-state index in [0.717, 1.165) is 13.1 Å². The molecule has 0 amide bonds. The zero-order chi connectivity index (χ0) is 16.8. The Morgan fingerprint density at radius 3 is 2.45 bits per heavy atom. The summed E-state index contributed by atoms with van der Waals surface area (Å²) < 4.78 is 52.8. The third kappa shape index (κ3) is 2.82. The van der Waals surface area contributed by atoms with Crippen LogP contribution in [0.2, 0.25) is 5.02 Å². The Bertz CT molecular complexity index is 773. The summed E-state index contributed by atoms with van der Waals surface area (Å²) in [5.74, 6) is -2.42. The average Bonchev–Trinajstić information content (AvgIpc) is 2.63. The van der Waals surface area contributed by atoms with Gasteiger partial charge in [-0.2, -0.15) is 18.3 Å². The standard InChI is InChI=1S/C12H6BrClF4N2O2/c1-20-10(12(16,17)18)8(13)9(19-20)5-2-4(11(21)22)6(14)3-7(5)15/h2-3H,1H3,(H,21,22). The molecule has 4 nitrogen and oxygen atoms in total. The van der Waals surface area contributed by atoms with Crippen LogP contribution in [0.4, 0.5) is 17.6 Å². The number of benzene rings is 1.